The lowest BCUT2D eigenvalue weighted by molar-refractivity contribution is -0.146. The van der Waals surface area contributed by atoms with Gasteiger partial charge in [-0.3, -0.25) is 0 Å². The molecule has 7 rings (SSSR count). The highest BCUT2D eigenvalue weighted by Gasteiger charge is 2.58. The van der Waals surface area contributed by atoms with Crippen molar-refractivity contribution in [1.29, 1.82) is 0 Å². The Morgan fingerprint density at radius 2 is 1.29 bits per heavy atom. The number of hydrogen-bond acceptors (Lipinski definition) is 2. The summed E-state index contributed by atoms with van der Waals surface area (Å²) < 4.78 is 12.7. The number of hydrogen-bond donors (Lipinski definition) is 1. The van der Waals surface area contributed by atoms with E-state index in [4.69, 9.17) is 9.47 Å². The number of benzene rings is 2. The van der Waals surface area contributed by atoms with E-state index in [1.165, 1.54) is 33.0 Å². The number of aromatic amines is 1. The number of H-pyrrole nitrogens is 1. The first kappa shape index (κ1) is 13.2. The molecule has 0 amide bonds. The van der Waals surface area contributed by atoms with Crippen molar-refractivity contribution in [3.05, 3.63) is 71.0 Å². The zero-order valence-electron chi connectivity index (χ0n) is 13.7. The third-order valence-electron chi connectivity index (χ3n) is 5.92. The maximum absolute atomic E-state index is 6.35. The first-order valence-electron chi connectivity index (χ1n) is 8.67. The van der Waals surface area contributed by atoms with Crippen molar-refractivity contribution in [3.8, 4) is 0 Å². The molecule has 2 heterocycles. The Kier molecular flexibility index (Phi) is 2.26. The summed E-state index contributed by atoms with van der Waals surface area (Å²) in [6.07, 6.45) is 4.50. The molecule has 4 atom stereocenters. The van der Waals surface area contributed by atoms with Gasteiger partial charge in [0.05, 0.1) is 12.2 Å². The molecule has 3 heteroatoms. The zero-order valence-corrected chi connectivity index (χ0v) is 13.7. The molecule has 3 aliphatic carbocycles. The van der Waals surface area contributed by atoms with Gasteiger partial charge in [-0.25, -0.2) is 0 Å². The number of nitrogens with one attached hydrogen (secondary N) is 1. The van der Waals surface area contributed by atoms with Crippen LogP contribution in [-0.4, -0.2) is 23.0 Å². The summed E-state index contributed by atoms with van der Waals surface area (Å²) in [5.74, 6) is -0.00854. The molecule has 0 saturated carbocycles. The van der Waals surface area contributed by atoms with Crippen molar-refractivity contribution in [3.63, 3.8) is 0 Å². The van der Waals surface area contributed by atoms with Crippen LogP contribution < -0.4 is 0 Å². The second-order valence-corrected chi connectivity index (χ2v) is 7.71. The van der Waals surface area contributed by atoms with Crippen molar-refractivity contribution in [2.45, 2.75) is 43.7 Å². The van der Waals surface area contributed by atoms with Crippen molar-refractivity contribution in [2.24, 2.45) is 0 Å². The Hall–Kier alpha value is -2.10. The predicted molar refractivity (Wildman–Crippen MR) is 92.3 cm³/mol. The number of aromatic nitrogens is 1. The maximum Gasteiger partial charge on any atom is 0.163 e. The first-order chi connectivity index (χ1) is 11.6. The van der Waals surface area contributed by atoms with Gasteiger partial charge in [-0.2, -0.15) is 0 Å². The molecule has 4 unspecified atom stereocenters. The van der Waals surface area contributed by atoms with E-state index in [2.05, 4.69) is 53.8 Å². The Labute approximate surface area is 140 Å². The largest absolute Gasteiger partial charge is 0.367 e. The quantitative estimate of drug-likeness (QED) is 0.671. The summed E-state index contributed by atoms with van der Waals surface area (Å²) in [5, 5.41) is 2.60. The Balaban J connectivity index is 1.66. The Morgan fingerprint density at radius 3 is 1.79 bits per heavy atom. The van der Waals surface area contributed by atoms with Crippen LogP contribution in [0.2, 0.25) is 0 Å². The lowest BCUT2D eigenvalue weighted by Gasteiger charge is -2.44. The van der Waals surface area contributed by atoms with Crippen LogP contribution in [0.25, 0.3) is 10.8 Å². The van der Waals surface area contributed by atoms with Gasteiger partial charge in [0, 0.05) is 24.2 Å². The van der Waals surface area contributed by atoms with Crippen LogP contribution >= 0.6 is 0 Å². The Bertz CT molecular complexity index is 911. The van der Waals surface area contributed by atoms with Crippen LogP contribution in [0, 0.1) is 0 Å². The highest BCUT2D eigenvalue weighted by molar-refractivity contribution is 5.85. The van der Waals surface area contributed by atoms with Crippen LogP contribution in [0.3, 0.4) is 0 Å². The average Bonchev–Trinajstić information content (AvgIpc) is 3.15. The van der Waals surface area contributed by atoms with Gasteiger partial charge in [-0.05, 0) is 46.9 Å². The molecule has 2 aromatic carbocycles. The minimum atomic E-state index is -0.513. The average molecular weight is 317 g/mol. The second kappa shape index (κ2) is 4.11. The zero-order chi connectivity index (χ0) is 16.1. The van der Waals surface area contributed by atoms with Crippen molar-refractivity contribution < 1.29 is 9.47 Å². The molecule has 1 aromatic heterocycles. The standard InChI is InChI=1S/C21H19NO2/c1-21(2)23-19-17-13-7-11-5-3-4-6-12(11)8-14(13)18(20(19)24-21)16-10-22-9-15(16)17/h3-10,17-20,22H,1-2H3. The SMILES string of the molecule is CC1(C)OC2C3c4c[nH]cc4C(c4cc5ccccc5cc43)C2O1. The minimum Gasteiger partial charge on any atom is -0.367 e. The molecule has 3 aromatic rings. The smallest absolute Gasteiger partial charge is 0.163 e. The van der Waals surface area contributed by atoms with E-state index in [1.54, 1.807) is 0 Å². The van der Waals surface area contributed by atoms with Gasteiger partial charge in [-0.1, -0.05) is 36.4 Å². The molecule has 0 radical (unpaired) electrons. The molecule has 1 aliphatic heterocycles. The molecule has 1 saturated heterocycles. The van der Waals surface area contributed by atoms with Gasteiger partial charge >= 0.3 is 0 Å². The maximum atomic E-state index is 6.35. The van der Waals surface area contributed by atoms with Crippen LogP contribution in [0.4, 0.5) is 0 Å². The number of rotatable bonds is 0. The molecule has 1 N–H and O–H groups in total. The van der Waals surface area contributed by atoms with Gasteiger partial charge < -0.3 is 14.5 Å². The van der Waals surface area contributed by atoms with Crippen LogP contribution in [0.15, 0.2) is 48.8 Å². The Morgan fingerprint density at radius 1 is 0.792 bits per heavy atom. The molecular weight excluding hydrogens is 298 g/mol. The van der Waals surface area contributed by atoms with E-state index < -0.39 is 5.79 Å². The summed E-state index contributed by atoms with van der Waals surface area (Å²) in [6, 6.07) is 13.3. The minimum absolute atomic E-state index is 0.0990. The topological polar surface area (TPSA) is 34.2 Å². The van der Waals surface area contributed by atoms with E-state index in [0.717, 1.165) is 0 Å². The van der Waals surface area contributed by atoms with E-state index in [0.29, 0.717) is 0 Å². The van der Waals surface area contributed by atoms with Gasteiger partial charge in [0.1, 0.15) is 0 Å². The van der Waals surface area contributed by atoms with Crippen molar-refractivity contribution in [2.75, 3.05) is 0 Å². The van der Waals surface area contributed by atoms with Gasteiger partial charge in [0.25, 0.3) is 0 Å². The molecule has 0 spiro atoms. The van der Waals surface area contributed by atoms with Gasteiger partial charge in [0.2, 0.25) is 0 Å². The molecule has 4 aliphatic rings. The molecule has 3 nitrogen and oxygen atoms in total. The molecule has 120 valence electrons. The first-order valence-corrected chi connectivity index (χ1v) is 8.67. The molecular formula is C21H19NO2. The summed E-state index contributed by atoms with van der Waals surface area (Å²) >= 11 is 0. The summed E-state index contributed by atoms with van der Waals surface area (Å²) in [4.78, 5) is 3.32. The van der Waals surface area contributed by atoms with Crippen molar-refractivity contribution in [1.82, 2.24) is 4.98 Å². The van der Waals surface area contributed by atoms with Gasteiger partial charge in [-0.15, -0.1) is 0 Å². The molecule has 24 heavy (non-hydrogen) atoms. The van der Waals surface area contributed by atoms with E-state index in [9.17, 15) is 0 Å². The van der Waals surface area contributed by atoms with E-state index >= 15 is 0 Å². The molecule has 1 fully saturated rings. The van der Waals surface area contributed by atoms with Crippen LogP contribution in [0.1, 0.15) is 47.9 Å². The third kappa shape index (κ3) is 1.50. The fourth-order valence-electron chi connectivity index (χ4n) is 5.12. The third-order valence-corrected chi connectivity index (χ3v) is 5.92. The summed E-state index contributed by atoms with van der Waals surface area (Å²) in [6.45, 7) is 4.06. The predicted octanol–water partition coefficient (Wildman–Crippen LogP) is 4.28. The summed E-state index contributed by atoms with van der Waals surface area (Å²) in [5.41, 5.74) is 5.58. The van der Waals surface area contributed by atoms with Gasteiger partial charge in [0.15, 0.2) is 5.79 Å². The fraction of sp³-hybridized carbons (Fsp3) is 0.333. The number of ether oxygens (including phenoxy) is 2. The normalized spacial score (nSPS) is 31.8. The highest BCUT2D eigenvalue weighted by Crippen LogP contribution is 2.58. The highest BCUT2D eigenvalue weighted by atomic mass is 16.8. The fourth-order valence-corrected chi connectivity index (χ4v) is 5.12. The lowest BCUT2D eigenvalue weighted by Crippen LogP contribution is -2.44. The van der Waals surface area contributed by atoms with Crippen LogP contribution in [-0.2, 0) is 9.47 Å². The second-order valence-electron chi connectivity index (χ2n) is 7.71. The van der Waals surface area contributed by atoms with Crippen LogP contribution in [0.5, 0.6) is 0 Å². The number of fused-ring (bicyclic) bond motifs is 1. The van der Waals surface area contributed by atoms with E-state index in [1.807, 2.05) is 13.8 Å². The monoisotopic (exact) mass is 317 g/mol. The van der Waals surface area contributed by atoms with Crippen molar-refractivity contribution >= 4 is 10.8 Å². The lowest BCUT2D eigenvalue weighted by atomic mass is 9.62. The summed E-state index contributed by atoms with van der Waals surface area (Å²) in [7, 11) is 0. The molecule has 2 bridgehead atoms. The van der Waals surface area contributed by atoms with E-state index in [-0.39, 0.29) is 24.0 Å².